The van der Waals surface area contributed by atoms with Crippen molar-refractivity contribution in [3.05, 3.63) is 60.9 Å². The third kappa shape index (κ3) is 5.43. The van der Waals surface area contributed by atoms with Gasteiger partial charge in [-0.2, -0.15) is 0 Å². The highest BCUT2D eigenvalue weighted by atomic mass is 16.5. The number of rotatable bonds is 2. The molecule has 38 heavy (non-hydrogen) atoms. The predicted octanol–water partition coefficient (Wildman–Crippen LogP) is 6.47. The summed E-state index contributed by atoms with van der Waals surface area (Å²) in [5, 5.41) is 2.69. The summed E-state index contributed by atoms with van der Waals surface area (Å²) in [5.41, 5.74) is 5.54. The average molecular weight is 517 g/mol. The first kappa shape index (κ1) is 26.6. The summed E-state index contributed by atoms with van der Waals surface area (Å²) in [4.78, 5) is 4.86. The van der Waals surface area contributed by atoms with Gasteiger partial charge in [0.05, 0.1) is 37.5 Å². The normalized spacial score (nSPS) is 17.1. The van der Waals surface area contributed by atoms with Crippen molar-refractivity contribution in [3.63, 3.8) is 0 Å². The summed E-state index contributed by atoms with van der Waals surface area (Å²) in [6, 6.07) is 17.7. The van der Waals surface area contributed by atoms with Gasteiger partial charge in [0, 0.05) is 71.8 Å². The molecule has 6 rings (SSSR count). The van der Waals surface area contributed by atoms with Crippen LogP contribution < -0.4 is 9.80 Å². The highest BCUT2D eigenvalue weighted by Gasteiger charge is 2.20. The first-order chi connectivity index (χ1) is 18.1. The highest BCUT2D eigenvalue weighted by Crippen LogP contribution is 2.32. The molecule has 2 fully saturated rings. The second-order valence-electron chi connectivity index (χ2n) is 12.3. The van der Waals surface area contributed by atoms with Crippen LogP contribution in [0.3, 0.4) is 0 Å². The molecule has 2 aliphatic rings. The van der Waals surface area contributed by atoms with E-state index >= 15 is 0 Å². The largest absolute Gasteiger partial charge is 0.378 e. The number of anilines is 2. The molecule has 0 bridgehead atoms. The number of aromatic nitrogens is 2. The van der Waals surface area contributed by atoms with E-state index in [1.807, 2.05) is 0 Å². The maximum Gasteiger partial charge on any atom is 0.0642 e. The van der Waals surface area contributed by atoms with Gasteiger partial charge >= 0.3 is 0 Å². The zero-order chi connectivity index (χ0) is 26.9. The Bertz CT molecular complexity index is 1250. The molecule has 4 aromatic rings. The molecule has 0 saturated carbocycles. The van der Waals surface area contributed by atoms with E-state index in [0.29, 0.717) is 0 Å². The molecule has 0 atom stereocenters. The molecule has 2 aromatic heterocycles. The molecule has 0 unspecified atom stereocenters. The molecule has 0 N–H and O–H groups in total. The fourth-order valence-electron chi connectivity index (χ4n) is 5.63. The molecule has 0 aliphatic carbocycles. The molecular weight excluding hydrogens is 472 g/mol. The highest BCUT2D eigenvalue weighted by molar-refractivity contribution is 5.94. The predicted molar refractivity (Wildman–Crippen MR) is 160 cm³/mol. The average Bonchev–Trinajstić information content (AvgIpc) is 3.55. The molecule has 0 radical (unpaired) electrons. The van der Waals surface area contributed by atoms with Crippen molar-refractivity contribution >= 4 is 33.2 Å². The zero-order valence-corrected chi connectivity index (χ0v) is 24.0. The smallest absolute Gasteiger partial charge is 0.0642 e. The van der Waals surface area contributed by atoms with E-state index in [9.17, 15) is 0 Å². The summed E-state index contributed by atoms with van der Waals surface area (Å²) < 4.78 is 15.6. The van der Waals surface area contributed by atoms with Crippen molar-refractivity contribution in [1.29, 1.82) is 0 Å². The number of morpholine rings is 2. The van der Waals surface area contributed by atoms with Crippen molar-refractivity contribution in [2.45, 2.75) is 52.6 Å². The Morgan fingerprint density at radius 3 is 1.24 bits per heavy atom. The maximum atomic E-state index is 5.45. The zero-order valence-electron chi connectivity index (χ0n) is 24.0. The summed E-state index contributed by atoms with van der Waals surface area (Å²) in [6.45, 7) is 20.7. The Balaban J connectivity index is 0.000000155. The van der Waals surface area contributed by atoms with E-state index < -0.39 is 0 Å². The number of ether oxygens (including phenoxy) is 2. The number of benzene rings is 2. The summed E-state index contributed by atoms with van der Waals surface area (Å²) >= 11 is 0. The minimum Gasteiger partial charge on any atom is -0.378 e. The molecule has 0 spiro atoms. The van der Waals surface area contributed by atoms with Gasteiger partial charge in [-0.1, -0.05) is 12.1 Å². The van der Waals surface area contributed by atoms with E-state index in [1.54, 1.807) is 0 Å². The quantitative estimate of drug-likeness (QED) is 0.306. The van der Waals surface area contributed by atoms with Gasteiger partial charge in [0.2, 0.25) is 0 Å². The van der Waals surface area contributed by atoms with Crippen LogP contribution in [-0.2, 0) is 20.6 Å². The van der Waals surface area contributed by atoms with Gasteiger partial charge in [-0.3, -0.25) is 0 Å². The van der Waals surface area contributed by atoms with Crippen LogP contribution in [-0.4, -0.2) is 61.7 Å². The lowest BCUT2D eigenvalue weighted by Crippen LogP contribution is -2.36. The van der Waals surface area contributed by atoms with E-state index in [4.69, 9.17) is 9.47 Å². The Hall–Kier alpha value is -2.96. The minimum absolute atomic E-state index is 0.116. The lowest BCUT2D eigenvalue weighted by molar-refractivity contribution is 0.122. The Labute approximate surface area is 227 Å². The molecule has 0 amide bonds. The van der Waals surface area contributed by atoms with Gasteiger partial charge in [0.25, 0.3) is 0 Å². The summed E-state index contributed by atoms with van der Waals surface area (Å²) in [6.07, 6.45) is 4.41. The van der Waals surface area contributed by atoms with E-state index in [0.717, 1.165) is 52.6 Å². The monoisotopic (exact) mass is 516 g/mol. The van der Waals surface area contributed by atoms with Gasteiger partial charge in [0.1, 0.15) is 0 Å². The standard InChI is InChI=1S/2C16H22N2O/c2*1-16(2,3)18-8-7-13-14(5-4-6-15(13)18)17-9-11-19-12-10-17/h2*4-8H,9-12H2,1-3H3. The second kappa shape index (κ2) is 10.7. The molecule has 2 aromatic carbocycles. The lowest BCUT2D eigenvalue weighted by Gasteiger charge is -2.30. The molecule has 2 aliphatic heterocycles. The number of hydrogen-bond donors (Lipinski definition) is 0. The van der Waals surface area contributed by atoms with E-state index in [2.05, 4.69) is 121 Å². The Kier molecular flexibility index (Phi) is 7.47. The van der Waals surface area contributed by atoms with Crippen molar-refractivity contribution in [3.8, 4) is 0 Å². The van der Waals surface area contributed by atoms with Crippen molar-refractivity contribution in [2.75, 3.05) is 62.4 Å². The summed E-state index contributed by atoms with van der Waals surface area (Å²) in [7, 11) is 0. The van der Waals surface area contributed by atoms with Crippen LogP contribution in [0.4, 0.5) is 11.4 Å². The number of fused-ring (bicyclic) bond motifs is 2. The van der Waals surface area contributed by atoms with Gasteiger partial charge < -0.3 is 28.4 Å². The number of hydrogen-bond acceptors (Lipinski definition) is 4. The van der Waals surface area contributed by atoms with Crippen molar-refractivity contribution < 1.29 is 9.47 Å². The van der Waals surface area contributed by atoms with E-state index in [1.165, 1.54) is 33.2 Å². The molecule has 204 valence electrons. The fourth-order valence-corrected chi connectivity index (χ4v) is 5.63. The molecule has 4 heterocycles. The summed E-state index contributed by atoms with van der Waals surface area (Å²) in [5.74, 6) is 0. The van der Waals surface area contributed by atoms with Crippen LogP contribution in [0.5, 0.6) is 0 Å². The molecule has 6 nitrogen and oxygen atoms in total. The maximum absolute atomic E-state index is 5.45. The van der Waals surface area contributed by atoms with Gasteiger partial charge in [-0.05, 0) is 77.9 Å². The van der Waals surface area contributed by atoms with Crippen LogP contribution in [0.2, 0.25) is 0 Å². The SMILES string of the molecule is CC(C)(C)n1ccc2c(N3CCOCC3)cccc21.CC(C)(C)n1ccc2c(N3CCOCC3)cccc21. The lowest BCUT2D eigenvalue weighted by atomic mass is 10.1. The van der Waals surface area contributed by atoms with Gasteiger partial charge in [0.15, 0.2) is 0 Å². The van der Waals surface area contributed by atoms with Crippen LogP contribution in [0, 0.1) is 0 Å². The Morgan fingerprint density at radius 1 is 0.526 bits per heavy atom. The Morgan fingerprint density at radius 2 is 0.895 bits per heavy atom. The molecular formula is C32H44N4O2. The minimum atomic E-state index is 0.116. The first-order valence-corrected chi connectivity index (χ1v) is 14.0. The number of nitrogens with zero attached hydrogens (tertiary/aromatic N) is 4. The molecule has 6 heteroatoms. The van der Waals surface area contributed by atoms with Crippen LogP contribution in [0.25, 0.3) is 21.8 Å². The van der Waals surface area contributed by atoms with Crippen LogP contribution >= 0.6 is 0 Å². The molecule has 2 saturated heterocycles. The third-order valence-electron chi connectivity index (χ3n) is 7.57. The third-order valence-corrected chi connectivity index (χ3v) is 7.57. The topological polar surface area (TPSA) is 34.8 Å². The van der Waals surface area contributed by atoms with Crippen molar-refractivity contribution in [2.24, 2.45) is 0 Å². The second-order valence-corrected chi connectivity index (χ2v) is 12.3. The van der Waals surface area contributed by atoms with Crippen molar-refractivity contribution in [1.82, 2.24) is 9.13 Å². The fraction of sp³-hybridized carbons (Fsp3) is 0.500. The van der Waals surface area contributed by atoms with Crippen LogP contribution in [0.15, 0.2) is 60.9 Å². The van der Waals surface area contributed by atoms with Gasteiger partial charge in [-0.25, -0.2) is 0 Å². The van der Waals surface area contributed by atoms with Crippen LogP contribution in [0.1, 0.15) is 41.5 Å². The van der Waals surface area contributed by atoms with Gasteiger partial charge in [-0.15, -0.1) is 0 Å². The first-order valence-electron chi connectivity index (χ1n) is 14.0. The van der Waals surface area contributed by atoms with E-state index in [-0.39, 0.29) is 11.1 Å².